The van der Waals surface area contributed by atoms with Crippen LogP contribution in [-0.2, 0) is 13.2 Å². The number of alkyl halides is 3. The lowest BCUT2D eigenvalue weighted by molar-refractivity contribution is -0.141. The Hall–Kier alpha value is -2.49. The van der Waals surface area contributed by atoms with Crippen LogP contribution in [0, 0.1) is 0 Å². The largest absolute Gasteiger partial charge is 0.433 e. The Bertz CT molecular complexity index is 898. The van der Waals surface area contributed by atoms with E-state index in [4.69, 9.17) is 0 Å². The average Bonchev–Trinajstić information content (AvgIpc) is 3.39. The lowest BCUT2D eigenvalue weighted by Gasteiger charge is -2.34. The van der Waals surface area contributed by atoms with Crippen LogP contribution in [0.1, 0.15) is 54.7 Å². The monoisotopic (exact) mass is 422 g/mol. The summed E-state index contributed by atoms with van der Waals surface area (Å²) in [5.41, 5.74) is -1.12. The van der Waals surface area contributed by atoms with Crippen molar-refractivity contribution in [3.63, 3.8) is 0 Å². The topological polar surface area (TPSA) is 75.9 Å². The molecule has 2 fully saturated rings. The van der Waals surface area contributed by atoms with Crippen LogP contribution in [0.2, 0.25) is 0 Å². The molecule has 1 N–H and O–H groups in total. The van der Waals surface area contributed by atoms with Gasteiger partial charge >= 0.3 is 6.18 Å². The maximum Gasteiger partial charge on any atom is 0.433 e. The van der Waals surface area contributed by atoms with Crippen molar-refractivity contribution in [3.05, 3.63) is 30.0 Å². The fourth-order valence-corrected chi connectivity index (χ4v) is 4.35. The Balaban J connectivity index is 1.49. The summed E-state index contributed by atoms with van der Waals surface area (Å²) in [4.78, 5) is 26.9. The molecule has 4 rings (SSSR count). The lowest BCUT2D eigenvalue weighted by Crippen LogP contribution is -2.43. The van der Waals surface area contributed by atoms with E-state index in [1.807, 2.05) is 0 Å². The highest BCUT2D eigenvalue weighted by Crippen LogP contribution is 2.30. The third kappa shape index (κ3) is 4.48. The van der Waals surface area contributed by atoms with E-state index in [1.54, 1.807) is 7.05 Å². The first kappa shape index (κ1) is 20.8. The molecule has 1 amide bonds. The number of hydrogen-bond acceptors (Lipinski definition) is 5. The predicted octanol–water partition coefficient (Wildman–Crippen LogP) is 3.03. The zero-order chi connectivity index (χ0) is 21.3. The first-order chi connectivity index (χ1) is 14.3. The minimum absolute atomic E-state index is 0.0548. The number of rotatable bonds is 4. The van der Waals surface area contributed by atoms with Crippen LogP contribution in [-0.4, -0.2) is 55.5 Å². The molecule has 1 aliphatic heterocycles. The van der Waals surface area contributed by atoms with Crippen molar-refractivity contribution in [3.8, 4) is 11.5 Å². The summed E-state index contributed by atoms with van der Waals surface area (Å²) in [6, 6.07) is 1.21. The lowest BCUT2D eigenvalue weighted by atomic mass is 9.90. The summed E-state index contributed by atoms with van der Waals surface area (Å²) in [7, 11) is 1.63. The number of hydrogen-bond donors (Lipinski definition) is 1. The Morgan fingerprint density at radius 3 is 2.43 bits per heavy atom. The Morgan fingerprint density at radius 1 is 1.13 bits per heavy atom. The molecule has 2 aliphatic rings. The second kappa shape index (κ2) is 8.33. The van der Waals surface area contributed by atoms with E-state index in [0.29, 0.717) is 17.8 Å². The van der Waals surface area contributed by atoms with Gasteiger partial charge in [0, 0.05) is 25.2 Å². The van der Waals surface area contributed by atoms with Crippen molar-refractivity contribution in [2.75, 3.05) is 13.1 Å². The molecule has 162 valence electrons. The summed E-state index contributed by atoms with van der Waals surface area (Å²) in [6.45, 7) is 2.28. The fraction of sp³-hybridized carbons (Fsp3) is 0.600. The van der Waals surface area contributed by atoms with E-state index in [9.17, 15) is 18.0 Å². The van der Waals surface area contributed by atoms with Crippen LogP contribution in [0.4, 0.5) is 13.2 Å². The molecule has 0 bridgehead atoms. The second-order valence-corrected chi connectivity index (χ2v) is 8.07. The highest BCUT2D eigenvalue weighted by Gasteiger charge is 2.35. The summed E-state index contributed by atoms with van der Waals surface area (Å²) < 4.78 is 41.6. The van der Waals surface area contributed by atoms with Gasteiger partial charge in [-0.2, -0.15) is 13.2 Å². The van der Waals surface area contributed by atoms with Crippen molar-refractivity contribution < 1.29 is 18.0 Å². The molecule has 1 saturated carbocycles. The maximum atomic E-state index is 13.4. The molecule has 2 aromatic heterocycles. The number of aromatic nitrogens is 4. The smallest absolute Gasteiger partial charge is 0.348 e. The van der Waals surface area contributed by atoms with Gasteiger partial charge < -0.3 is 14.8 Å². The second-order valence-electron chi connectivity index (χ2n) is 8.07. The first-order valence-corrected chi connectivity index (χ1v) is 10.3. The molecule has 7 nitrogen and oxygen atoms in total. The average molecular weight is 422 g/mol. The van der Waals surface area contributed by atoms with Crippen LogP contribution in [0.3, 0.4) is 0 Å². The van der Waals surface area contributed by atoms with Crippen molar-refractivity contribution in [1.29, 1.82) is 0 Å². The maximum absolute atomic E-state index is 13.4. The van der Waals surface area contributed by atoms with Crippen LogP contribution in [0.25, 0.3) is 11.5 Å². The molecule has 30 heavy (non-hydrogen) atoms. The van der Waals surface area contributed by atoms with Crippen molar-refractivity contribution in [2.45, 2.75) is 56.8 Å². The van der Waals surface area contributed by atoms with Gasteiger partial charge in [0.2, 0.25) is 0 Å². The van der Waals surface area contributed by atoms with E-state index in [0.717, 1.165) is 38.8 Å². The van der Waals surface area contributed by atoms with Gasteiger partial charge in [-0.25, -0.2) is 15.0 Å². The normalized spacial score (nSPS) is 22.9. The summed E-state index contributed by atoms with van der Waals surface area (Å²) in [5, 5.41) is 2.87. The highest BCUT2D eigenvalue weighted by atomic mass is 19.4. The molecule has 0 unspecified atom stereocenters. The number of aryl methyl sites for hydroxylation is 1. The summed E-state index contributed by atoms with van der Waals surface area (Å²) >= 11 is 0. The van der Waals surface area contributed by atoms with Crippen LogP contribution < -0.4 is 5.32 Å². The summed E-state index contributed by atoms with van der Waals surface area (Å²) in [5.74, 6) is -0.774. The third-order valence-electron chi connectivity index (χ3n) is 5.98. The molecule has 3 heterocycles. The van der Waals surface area contributed by atoms with E-state index in [1.165, 1.54) is 29.9 Å². The zero-order valence-electron chi connectivity index (χ0n) is 16.8. The van der Waals surface area contributed by atoms with E-state index >= 15 is 0 Å². The van der Waals surface area contributed by atoms with Gasteiger partial charge in [-0.1, -0.05) is 0 Å². The van der Waals surface area contributed by atoms with Gasteiger partial charge in [-0.05, 0) is 51.6 Å². The number of likely N-dealkylation sites (tertiary alicyclic amines) is 1. The fourth-order valence-electron chi connectivity index (χ4n) is 4.35. The van der Waals surface area contributed by atoms with Gasteiger partial charge in [0.05, 0.1) is 12.5 Å². The molecule has 1 saturated heterocycles. The number of nitrogens with zero attached hydrogens (tertiary/aromatic N) is 5. The predicted molar refractivity (Wildman–Crippen MR) is 104 cm³/mol. The van der Waals surface area contributed by atoms with Crippen LogP contribution >= 0.6 is 0 Å². The van der Waals surface area contributed by atoms with Gasteiger partial charge in [0.15, 0.2) is 5.82 Å². The van der Waals surface area contributed by atoms with E-state index < -0.39 is 17.8 Å². The van der Waals surface area contributed by atoms with E-state index in [-0.39, 0.29) is 17.6 Å². The quantitative estimate of drug-likeness (QED) is 0.820. The Labute approximate surface area is 172 Å². The minimum atomic E-state index is -4.68. The van der Waals surface area contributed by atoms with Crippen LogP contribution in [0.5, 0.6) is 0 Å². The van der Waals surface area contributed by atoms with Gasteiger partial charge in [-0.3, -0.25) is 4.79 Å². The molecular formula is C20H25F3N6O. The first-order valence-electron chi connectivity index (χ1n) is 10.3. The van der Waals surface area contributed by atoms with Gasteiger partial charge in [0.1, 0.15) is 17.1 Å². The summed E-state index contributed by atoms with van der Waals surface area (Å²) in [6.07, 6.45) is 4.23. The number of amides is 1. The minimum Gasteiger partial charge on any atom is -0.348 e. The Morgan fingerprint density at radius 2 is 1.83 bits per heavy atom. The highest BCUT2D eigenvalue weighted by molar-refractivity contribution is 5.93. The Kier molecular flexibility index (Phi) is 5.77. The van der Waals surface area contributed by atoms with Crippen molar-refractivity contribution in [2.24, 2.45) is 7.05 Å². The molecule has 0 aromatic carbocycles. The van der Waals surface area contributed by atoms with Crippen molar-refractivity contribution in [1.82, 2.24) is 29.7 Å². The van der Waals surface area contributed by atoms with Crippen molar-refractivity contribution >= 4 is 5.91 Å². The number of imidazole rings is 1. The number of halogens is 3. The molecule has 0 radical (unpaired) electrons. The molecule has 0 atom stereocenters. The SMILES string of the molecule is Cn1cncc1-c1nc(C(=O)NC2CCC(N3CCCC3)CC2)cc(C(F)(F)F)n1. The van der Waals surface area contributed by atoms with E-state index in [2.05, 4.69) is 25.2 Å². The molecular weight excluding hydrogens is 397 g/mol. The van der Waals surface area contributed by atoms with Crippen LogP contribution in [0.15, 0.2) is 18.6 Å². The number of carbonyl (C=O) groups is 1. The molecule has 0 spiro atoms. The molecule has 1 aliphatic carbocycles. The van der Waals surface area contributed by atoms with Gasteiger partial charge in [0.25, 0.3) is 5.91 Å². The number of nitrogens with one attached hydrogen (secondary N) is 1. The number of carbonyl (C=O) groups excluding carboxylic acids is 1. The molecule has 2 aromatic rings. The van der Waals surface area contributed by atoms with Gasteiger partial charge in [-0.15, -0.1) is 0 Å². The standard InChI is InChI=1S/C20H25F3N6O/c1-28-12-24-11-16(28)18-26-15(10-17(27-18)20(21,22)23)19(30)25-13-4-6-14(7-5-13)29-8-2-3-9-29/h10-14H,2-9H2,1H3,(H,25,30). The zero-order valence-corrected chi connectivity index (χ0v) is 16.8. The molecule has 10 heteroatoms. The third-order valence-corrected chi connectivity index (χ3v) is 5.98.